The van der Waals surface area contributed by atoms with Gasteiger partial charge in [0, 0.05) is 31.4 Å². The summed E-state index contributed by atoms with van der Waals surface area (Å²) < 4.78 is 43.6. The molecule has 0 saturated heterocycles. The second-order valence-corrected chi connectivity index (χ2v) is 7.51. The number of aryl methyl sites for hydroxylation is 1. The summed E-state index contributed by atoms with van der Waals surface area (Å²) >= 11 is 0. The third-order valence-corrected chi connectivity index (χ3v) is 5.44. The number of fused-ring (bicyclic) bond motifs is 4. The SMILES string of the molecule is Cc1cc(F)c(CNC(=O)c2cn3c(c(O)c2=O)C(=O)N2CCC=C(F)C3C2)c(F)c1. The van der Waals surface area contributed by atoms with Gasteiger partial charge in [0.15, 0.2) is 11.4 Å². The first-order chi connectivity index (χ1) is 14.7. The van der Waals surface area contributed by atoms with Crippen molar-refractivity contribution in [2.75, 3.05) is 13.1 Å². The molecule has 0 aliphatic carbocycles. The summed E-state index contributed by atoms with van der Waals surface area (Å²) in [5, 5.41) is 12.6. The molecule has 2 aliphatic rings. The molecule has 3 heterocycles. The Kier molecular flexibility index (Phi) is 5.08. The Labute approximate surface area is 174 Å². The Balaban J connectivity index is 1.71. The van der Waals surface area contributed by atoms with Crippen LogP contribution in [0.4, 0.5) is 13.2 Å². The third-order valence-electron chi connectivity index (χ3n) is 5.44. The number of hydrogen-bond acceptors (Lipinski definition) is 4. The Hall–Kier alpha value is -3.56. The number of aromatic hydroxyl groups is 1. The van der Waals surface area contributed by atoms with Gasteiger partial charge in [0.25, 0.3) is 11.8 Å². The van der Waals surface area contributed by atoms with Gasteiger partial charge in [-0.15, -0.1) is 0 Å². The molecule has 1 aromatic carbocycles. The maximum atomic E-state index is 14.5. The van der Waals surface area contributed by atoms with Crippen LogP contribution in [0.1, 0.15) is 44.4 Å². The number of nitrogens with zero attached hydrogens (tertiary/aromatic N) is 2. The van der Waals surface area contributed by atoms with Gasteiger partial charge in [-0.3, -0.25) is 14.4 Å². The summed E-state index contributed by atoms with van der Waals surface area (Å²) in [5.74, 6) is -4.94. The topological polar surface area (TPSA) is 91.6 Å². The van der Waals surface area contributed by atoms with Gasteiger partial charge in [-0.25, -0.2) is 13.2 Å². The number of nitrogens with one attached hydrogen (secondary N) is 1. The molecule has 162 valence electrons. The summed E-state index contributed by atoms with van der Waals surface area (Å²) in [4.78, 5) is 39.1. The highest BCUT2D eigenvalue weighted by Crippen LogP contribution is 2.33. The van der Waals surface area contributed by atoms with Gasteiger partial charge in [0.1, 0.15) is 29.1 Å². The van der Waals surface area contributed by atoms with Gasteiger partial charge >= 0.3 is 0 Å². The van der Waals surface area contributed by atoms with E-state index in [0.29, 0.717) is 5.56 Å². The first kappa shape index (κ1) is 20.7. The lowest BCUT2D eigenvalue weighted by Gasteiger charge is -2.34. The quantitative estimate of drug-likeness (QED) is 0.777. The van der Waals surface area contributed by atoms with Crippen molar-refractivity contribution in [2.24, 2.45) is 0 Å². The molecule has 2 aliphatic heterocycles. The molecule has 31 heavy (non-hydrogen) atoms. The fraction of sp³-hybridized carbons (Fsp3) is 0.286. The molecular weight excluding hydrogens is 415 g/mol. The summed E-state index contributed by atoms with van der Waals surface area (Å²) in [6.45, 7) is 1.17. The van der Waals surface area contributed by atoms with E-state index in [1.165, 1.54) is 17.9 Å². The summed E-state index contributed by atoms with van der Waals surface area (Å²) in [6, 6.07) is 1.20. The number of pyridine rings is 1. The van der Waals surface area contributed by atoms with Crippen molar-refractivity contribution in [3.63, 3.8) is 0 Å². The lowest BCUT2D eigenvalue weighted by atomic mass is 10.1. The van der Waals surface area contributed by atoms with Crippen LogP contribution < -0.4 is 10.7 Å². The second-order valence-electron chi connectivity index (χ2n) is 7.51. The number of amides is 2. The minimum Gasteiger partial charge on any atom is -0.503 e. The molecule has 0 fully saturated rings. The van der Waals surface area contributed by atoms with Gasteiger partial charge in [0.2, 0.25) is 5.43 Å². The summed E-state index contributed by atoms with van der Waals surface area (Å²) in [6.07, 6.45) is 2.58. The number of hydrogen-bond donors (Lipinski definition) is 2. The van der Waals surface area contributed by atoms with Crippen LogP contribution in [-0.2, 0) is 6.54 Å². The van der Waals surface area contributed by atoms with Gasteiger partial charge in [-0.05, 0) is 37.1 Å². The fourth-order valence-electron chi connectivity index (χ4n) is 3.84. The van der Waals surface area contributed by atoms with Gasteiger partial charge in [0.05, 0.1) is 0 Å². The lowest BCUT2D eigenvalue weighted by Crippen LogP contribution is -2.44. The van der Waals surface area contributed by atoms with E-state index in [1.807, 2.05) is 0 Å². The molecule has 2 aromatic rings. The maximum absolute atomic E-state index is 14.5. The predicted octanol–water partition coefficient (Wildman–Crippen LogP) is 2.32. The van der Waals surface area contributed by atoms with Gasteiger partial charge < -0.3 is 19.9 Å². The van der Waals surface area contributed by atoms with E-state index in [4.69, 9.17) is 0 Å². The zero-order valence-electron chi connectivity index (χ0n) is 16.4. The van der Waals surface area contributed by atoms with E-state index in [2.05, 4.69) is 5.32 Å². The van der Waals surface area contributed by atoms with Crippen LogP contribution in [0, 0.1) is 18.6 Å². The molecule has 1 aromatic heterocycles. The first-order valence-corrected chi connectivity index (χ1v) is 9.54. The highest BCUT2D eigenvalue weighted by Gasteiger charge is 2.38. The van der Waals surface area contributed by atoms with Crippen molar-refractivity contribution < 1.29 is 27.9 Å². The van der Waals surface area contributed by atoms with Crippen LogP contribution in [0.3, 0.4) is 0 Å². The van der Waals surface area contributed by atoms with E-state index < -0.39 is 69.9 Å². The van der Waals surface area contributed by atoms with Crippen molar-refractivity contribution in [1.82, 2.24) is 14.8 Å². The third kappa shape index (κ3) is 3.47. The molecule has 0 radical (unpaired) electrons. The minimum absolute atomic E-state index is 0.0165. The van der Waals surface area contributed by atoms with Gasteiger partial charge in [-0.2, -0.15) is 0 Å². The standard InChI is InChI=1S/C21H18F3N3O4/c1-10-5-14(23)11(15(24)6-10)7-25-20(30)12-8-27-16-9-26(4-2-3-13(16)22)21(31)17(27)19(29)18(12)28/h3,5-6,8,16,29H,2,4,7,9H2,1H3,(H,25,30). The number of rotatable bonds is 3. The highest BCUT2D eigenvalue weighted by atomic mass is 19.1. The Bertz CT molecular complexity index is 1180. The van der Waals surface area contributed by atoms with E-state index in [1.54, 1.807) is 0 Å². The zero-order chi connectivity index (χ0) is 22.4. The second kappa shape index (κ2) is 7.60. The van der Waals surface area contributed by atoms with Crippen molar-refractivity contribution in [1.29, 1.82) is 0 Å². The maximum Gasteiger partial charge on any atom is 0.274 e. The minimum atomic E-state index is -1.13. The van der Waals surface area contributed by atoms with Crippen molar-refractivity contribution in [2.45, 2.75) is 25.9 Å². The summed E-state index contributed by atoms with van der Waals surface area (Å²) in [7, 11) is 0. The molecule has 2 bridgehead atoms. The average Bonchev–Trinajstić information content (AvgIpc) is 2.87. The Morgan fingerprint density at radius 2 is 1.90 bits per heavy atom. The number of carbonyl (C=O) groups is 2. The lowest BCUT2D eigenvalue weighted by molar-refractivity contribution is 0.0677. The van der Waals surface area contributed by atoms with Crippen LogP contribution >= 0.6 is 0 Å². The number of aromatic nitrogens is 1. The summed E-state index contributed by atoms with van der Waals surface area (Å²) in [5.41, 5.74) is -2.15. The predicted molar refractivity (Wildman–Crippen MR) is 103 cm³/mol. The average molecular weight is 433 g/mol. The molecule has 10 heteroatoms. The molecule has 4 rings (SSSR count). The number of benzene rings is 1. The highest BCUT2D eigenvalue weighted by molar-refractivity contribution is 5.99. The van der Waals surface area contributed by atoms with E-state index in [-0.39, 0.29) is 19.5 Å². The van der Waals surface area contributed by atoms with Crippen LogP contribution in [0.15, 0.2) is 35.0 Å². The molecule has 2 N–H and O–H groups in total. The van der Waals surface area contributed by atoms with Crippen molar-refractivity contribution >= 4 is 11.8 Å². The van der Waals surface area contributed by atoms with Crippen molar-refractivity contribution in [3.05, 3.63) is 74.5 Å². The smallest absolute Gasteiger partial charge is 0.274 e. The number of carbonyl (C=O) groups excluding carboxylic acids is 2. The largest absolute Gasteiger partial charge is 0.503 e. The fourth-order valence-corrected chi connectivity index (χ4v) is 3.84. The molecule has 2 amide bonds. The number of halogens is 3. The Morgan fingerprint density at radius 3 is 2.58 bits per heavy atom. The molecule has 1 unspecified atom stereocenters. The molecule has 0 saturated carbocycles. The van der Waals surface area contributed by atoms with Gasteiger partial charge in [-0.1, -0.05) is 0 Å². The van der Waals surface area contributed by atoms with Crippen LogP contribution in [0.5, 0.6) is 5.75 Å². The van der Waals surface area contributed by atoms with Crippen LogP contribution in [0.2, 0.25) is 0 Å². The zero-order valence-corrected chi connectivity index (χ0v) is 16.4. The van der Waals surface area contributed by atoms with E-state index in [0.717, 1.165) is 22.9 Å². The normalized spacial score (nSPS) is 17.7. The molecule has 0 spiro atoms. The van der Waals surface area contributed by atoms with Crippen molar-refractivity contribution in [3.8, 4) is 5.75 Å². The monoisotopic (exact) mass is 433 g/mol. The van der Waals surface area contributed by atoms with E-state index in [9.17, 15) is 32.7 Å². The van der Waals surface area contributed by atoms with Crippen LogP contribution in [0.25, 0.3) is 0 Å². The first-order valence-electron chi connectivity index (χ1n) is 9.54. The van der Waals surface area contributed by atoms with E-state index >= 15 is 0 Å². The van der Waals surface area contributed by atoms with Crippen LogP contribution in [-0.4, -0.2) is 39.5 Å². The molecule has 1 atom stereocenters. The molecular formula is C21H18F3N3O4. The Morgan fingerprint density at radius 1 is 1.23 bits per heavy atom. The molecule has 7 nitrogen and oxygen atoms in total.